The summed E-state index contributed by atoms with van der Waals surface area (Å²) in [6, 6.07) is 17.8. The average molecular weight is 240 g/mol. The molecule has 0 aromatic heterocycles. The van der Waals surface area contributed by atoms with Gasteiger partial charge in [0.05, 0.1) is 0 Å². The van der Waals surface area contributed by atoms with Crippen molar-refractivity contribution >= 4 is 5.97 Å². The molecule has 2 aromatic rings. The highest BCUT2D eigenvalue weighted by molar-refractivity contribution is 5.66. The van der Waals surface area contributed by atoms with E-state index >= 15 is 0 Å². The summed E-state index contributed by atoms with van der Waals surface area (Å²) >= 11 is 0. The highest BCUT2D eigenvalue weighted by atomic mass is 16.5. The van der Waals surface area contributed by atoms with E-state index in [1.807, 2.05) is 61.5 Å². The largest absolute Gasteiger partial charge is 0.453 e. The Balaban J connectivity index is 2.36. The van der Waals surface area contributed by atoms with Gasteiger partial charge in [-0.05, 0) is 18.1 Å². The van der Waals surface area contributed by atoms with Crippen molar-refractivity contribution in [1.82, 2.24) is 0 Å². The molecule has 92 valence electrons. The molecule has 0 aliphatic rings. The van der Waals surface area contributed by atoms with Crippen LogP contribution in [0.3, 0.4) is 0 Å². The van der Waals surface area contributed by atoms with E-state index in [1.165, 1.54) is 12.5 Å². The Morgan fingerprint density at radius 1 is 0.944 bits per heavy atom. The Morgan fingerprint density at radius 2 is 1.50 bits per heavy atom. The molecule has 2 heteroatoms. The second kappa shape index (κ2) is 5.50. The van der Waals surface area contributed by atoms with Crippen LogP contribution in [0.15, 0.2) is 54.6 Å². The molecule has 2 nitrogen and oxygen atoms in total. The van der Waals surface area contributed by atoms with E-state index in [2.05, 4.69) is 0 Å². The summed E-state index contributed by atoms with van der Waals surface area (Å²) in [4.78, 5) is 11.2. The fraction of sp³-hybridized carbons (Fsp3) is 0.188. The Hall–Kier alpha value is -2.09. The van der Waals surface area contributed by atoms with Crippen LogP contribution in [0.25, 0.3) is 0 Å². The predicted octanol–water partition coefficient (Wildman–Crippen LogP) is 3.65. The summed E-state index contributed by atoms with van der Waals surface area (Å²) in [5.74, 6) is -0.274. The fourth-order valence-electron chi connectivity index (χ4n) is 1.86. The van der Waals surface area contributed by atoms with E-state index in [0.29, 0.717) is 0 Å². The van der Waals surface area contributed by atoms with Crippen molar-refractivity contribution in [3.05, 3.63) is 71.3 Å². The van der Waals surface area contributed by atoms with Crippen molar-refractivity contribution in [3.8, 4) is 0 Å². The standard InChI is InChI=1S/C16H16O2/c1-12-8-10-15(11-9-12)16(18-13(2)17)14-6-4-3-5-7-14/h3-11,16H,1-2H3/t16-/m1/s1. The second-order valence-electron chi connectivity index (χ2n) is 4.31. The molecule has 0 N–H and O–H groups in total. The monoisotopic (exact) mass is 240 g/mol. The Kier molecular flexibility index (Phi) is 3.78. The number of rotatable bonds is 3. The molecule has 2 rings (SSSR count). The van der Waals surface area contributed by atoms with Crippen LogP contribution in [-0.4, -0.2) is 5.97 Å². The molecule has 0 aliphatic carbocycles. The van der Waals surface area contributed by atoms with E-state index in [-0.39, 0.29) is 12.1 Å². The summed E-state index contributed by atoms with van der Waals surface area (Å²) in [7, 11) is 0. The van der Waals surface area contributed by atoms with Gasteiger partial charge in [0.15, 0.2) is 6.10 Å². The molecule has 0 bridgehead atoms. The number of carbonyl (C=O) groups excluding carboxylic acids is 1. The SMILES string of the molecule is CC(=O)O[C@H](c1ccccc1)c1ccc(C)cc1. The average Bonchev–Trinajstić information content (AvgIpc) is 2.38. The molecular weight excluding hydrogens is 224 g/mol. The zero-order valence-electron chi connectivity index (χ0n) is 10.6. The molecule has 0 aliphatic heterocycles. The molecule has 0 radical (unpaired) electrons. The van der Waals surface area contributed by atoms with E-state index in [0.717, 1.165) is 11.1 Å². The fourth-order valence-corrected chi connectivity index (χ4v) is 1.86. The molecule has 2 aromatic carbocycles. The van der Waals surface area contributed by atoms with Crippen molar-refractivity contribution in [2.45, 2.75) is 20.0 Å². The first-order valence-corrected chi connectivity index (χ1v) is 5.95. The first-order chi connectivity index (χ1) is 8.66. The maximum atomic E-state index is 11.2. The summed E-state index contributed by atoms with van der Waals surface area (Å²) in [5, 5.41) is 0. The van der Waals surface area contributed by atoms with Gasteiger partial charge in [0.25, 0.3) is 0 Å². The van der Waals surface area contributed by atoms with Crippen LogP contribution in [0.1, 0.15) is 29.7 Å². The van der Waals surface area contributed by atoms with Crippen molar-refractivity contribution in [3.63, 3.8) is 0 Å². The highest BCUT2D eigenvalue weighted by Gasteiger charge is 2.16. The number of esters is 1. The number of benzene rings is 2. The summed E-state index contributed by atoms with van der Waals surface area (Å²) in [6.45, 7) is 3.47. The Bertz CT molecular complexity index is 515. The maximum absolute atomic E-state index is 11.2. The first-order valence-electron chi connectivity index (χ1n) is 5.95. The van der Waals surface area contributed by atoms with Gasteiger partial charge in [0.2, 0.25) is 0 Å². The van der Waals surface area contributed by atoms with Crippen LogP contribution in [0, 0.1) is 6.92 Å². The molecule has 1 atom stereocenters. The third kappa shape index (κ3) is 2.98. The summed E-state index contributed by atoms with van der Waals surface area (Å²) in [6.07, 6.45) is -0.329. The molecular formula is C16H16O2. The van der Waals surface area contributed by atoms with Gasteiger partial charge in [0.1, 0.15) is 0 Å². The highest BCUT2D eigenvalue weighted by Crippen LogP contribution is 2.26. The van der Waals surface area contributed by atoms with Crippen LogP contribution in [0.4, 0.5) is 0 Å². The third-order valence-corrected chi connectivity index (χ3v) is 2.77. The maximum Gasteiger partial charge on any atom is 0.303 e. The summed E-state index contributed by atoms with van der Waals surface area (Å²) < 4.78 is 5.42. The third-order valence-electron chi connectivity index (χ3n) is 2.77. The minimum absolute atomic E-state index is 0.274. The predicted molar refractivity (Wildman–Crippen MR) is 71.2 cm³/mol. The molecule has 0 spiro atoms. The van der Waals surface area contributed by atoms with Gasteiger partial charge < -0.3 is 4.74 Å². The van der Waals surface area contributed by atoms with E-state index in [1.54, 1.807) is 0 Å². The minimum atomic E-state index is -0.329. The van der Waals surface area contributed by atoms with E-state index in [4.69, 9.17) is 4.74 Å². The van der Waals surface area contributed by atoms with Crippen LogP contribution < -0.4 is 0 Å². The minimum Gasteiger partial charge on any atom is -0.453 e. The lowest BCUT2D eigenvalue weighted by atomic mass is 10.0. The van der Waals surface area contributed by atoms with Crippen LogP contribution in [0.2, 0.25) is 0 Å². The Labute approximate surface area is 107 Å². The van der Waals surface area contributed by atoms with Crippen molar-refractivity contribution in [1.29, 1.82) is 0 Å². The smallest absolute Gasteiger partial charge is 0.303 e. The number of hydrogen-bond donors (Lipinski definition) is 0. The van der Waals surface area contributed by atoms with Gasteiger partial charge >= 0.3 is 5.97 Å². The van der Waals surface area contributed by atoms with Crippen molar-refractivity contribution < 1.29 is 9.53 Å². The molecule has 0 fully saturated rings. The van der Waals surface area contributed by atoms with Crippen LogP contribution >= 0.6 is 0 Å². The topological polar surface area (TPSA) is 26.3 Å². The van der Waals surface area contributed by atoms with Gasteiger partial charge in [-0.3, -0.25) is 4.79 Å². The normalized spacial score (nSPS) is 11.9. The summed E-state index contributed by atoms with van der Waals surface area (Å²) in [5.41, 5.74) is 3.16. The molecule has 0 heterocycles. The lowest BCUT2D eigenvalue weighted by Gasteiger charge is -2.18. The molecule has 0 amide bonds. The van der Waals surface area contributed by atoms with Gasteiger partial charge in [-0.15, -0.1) is 0 Å². The van der Waals surface area contributed by atoms with Crippen LogP contribution in [0.5, 0.6) is 0 Å². The van der Waals surface area contributed by atoms with Crippen LogP contribution in [-0.2, 0) is 9.53 Å². The quantitative estimate of drug-likeness (QED) is 0.765. The van der Waals surface area contributed by atoms with Crippen molar-refractivity contribution in [2.24, 2.45) is 0 Å². The number of ether oxygens (including phenoxy) is 1. The van der Waals surface area contributed by atoms with Gasteiger partial charge in [-0.2, -0.15) is 0 Å². The number of hydrogen-bond acceptors (Lipinski definition) is 2. The van der Waals surface area contributed by atoms with E-state index < -0.39 is 0 Å². The lowest BCUT2D eigenvalue weighted by molar-refractivity contribution is -0.144. The zero-order chi connectivity index (χ0) is 13.0. The molecule has 0 unspecified atom stereocenters. The first kappa shape index (κ1) is 12.4. The van der Waals surface area contributed by atoms with Gasteiger partial charge in [0, 0.05) is 6.92 Å². The van der Waals surface area contributed by atoms with Crippen molar-refractivity contribution in [2.75, 3.05) is 0 Å². The molecule has 0 saturated carbocycles. The number of carbonyl (C=O) groups is 1. The second-order valence-corrected chi connectivity index (χ2v) is 4.31. The van der Waals surface area contributed by atoms with Gasteiger partial charge in [-0.1, -0.05) is 60.2 Å². The Morgan fingerprint density at radius 3 is 2.06 bits per heavy atom. The zero-order valence-corrected chi connectivity index (χ0v) is 10.6. The molecule has 18 heavy (non-hydrogen) atoms. The molecule has 0 saturated heterocycles. The van der Waals surface area contributed by atoms with Gasteiger partial charge in [-0.25, -0.2) is 0 Å². The van der Waals surface area contributed by atoms with E-state index in [9.17, 15) is 4.79 Å². The number of aryl methyl sites for hydroxylation is 1. The lowest BCUT2D eigenvalue weighted by Crippen LogP contribution is -2.09.